The molecule has 1 aromatic heterocycles. The van der Waals surface area contributed by atoms with E-state index < -0.39 is 11.6 Å². The number of nitrogens with zero attached hydrogens (tertiary/aromatic N) is 1. The first-order chi connectivity index (χ1) is 9.70. The molecule has 1 aliphatic heterocycles. The van der Waals surface area contributed by atoms with Crippen LogP contribution in [0.5, 0.6) is 0 Å². The van der Waals surface area contributed by atoms with E-state index in [1.54, 1.807) is 0 Å². The zero-order valence-electron chi connectivity index (χ0n) is 11.3. The number of rotatable bonds is 3. The van der Waals surface area contributed by atoms with Crippen molar-refractivity contribution in [2.24, 2.45) is 0 Å². The molecular formula is C15H16F2N2O. The van der Waals surface area contributed by atoms with Crippen LogP contribution >= 0.6 is 0 Å². The Bertz CT molecular complexity index is 658. The van der Waals surface area contributed by atoms with Gasteiger partial charge >= 0.3 is 0 Å². The van der Waals surface area contributed by atoms with Gasteiger partial charge in [-0.1, -0.05) is 6.92 Å². The van der Waals surface area contributed by atoms with Crippen molar-refractivity contribution in [2.75, 3.05) is 18.5 Å². The Labute approximate surface area is 116 Å². The minimum atomic E-state index is -0.601. The van der Waals surface area contributed by atoms with E-state index in [9.17, 15) is 8.78 Å². The van der Waals surface area contributed by atoms with Gasteiger partial charge in [0.25, 0.3) is 0 Å². The van der Waals surface area contributed by atoms with Gasteiger partial charge in [0.05, 0.1) is 35.5 Å². The number of hydrogen-bond acceptors (Lipinski definition) is 3. The lowest BCUT2D eigenvalue weighted by atomic mass is 10.0. The van der Waals surface area contributed by atoms with Gasteiger partial charge in [-0.05, 0) is 6.42 Å². The van der Waals surface area contributed by atoms with E-state index in [0.717, 1.165) is 30.3 Å². The van der Waals surface area contributed by atoms with E-state index in [0.29, 0.717) is 36.2 Å². The molecule has 20 heavy (non-hydrogen) atoms. The third-order valence-electron chi connectivity index (χ3n) is 3.47. The van der Waals surface area contributed by atoms with Crippen LogP contribution in [0.1, 0.15) is 24.6 Å². The molecule has 0 spiro atoms. The van der Waals surface area contributed by atoms with Crippen molar-refractivity contribution in [3.63, 3.8) is 0 Å². The summed E-state index contributed by atoms with van der Waals surface area (Å²) in [4.78, 5) is 4.41. The van der Waals surface area contributed by atoms with Gasteiger partial charge in [0.2, 0.25) is 0 Å². The molecule has 0 amide bonds. The summed E-state index contributed by atoms with van der Waals surface area (Å²) in [6.45, 7) is 3.77. The molecule has 0 fully saturated rings. The van der Waals surface area contributed by atoms with Crippen LogP contribution < -0.4 is 5.32 Å². The lowest BCUT2D eigenvalue weighted by Crippen LogP contribution is -2.16. The van der Waals surface area contributed by atoms with Gasteiger partial charge in [-0.25, -0.2) is 8.78 Å². The predicted molar refractivity (Wildman–Crippen MR) is 73.8 cm³/mol. The number of ether oxygens (including phenoxy) is 1. The maximum absolute atomic E-state index is 14.1. The fourth-order valence-corrected chi connectivity index (χ4v) is 2.55. The highest BCUT2D eigenvalue weighted by Crippen LogP contribution is 2.33. The van der Waals surface area contributed by atoms with Crippen molar-refractivity contribution in [1.29, 1.82) is 0 Å². The van der Waals surface area contributed by atoms with Crippen LogP contribution in [0.4, 0.5) is 14.5 Å². The van der Waals surface area contributed by atoms with Gasteiger partial charge in [0.1, 0.15) is 11.6 Å². The first-order valence-electron chi connectivity index (χ1n) is 6.82. The van der Waals surface area contributed by atoms with Crippen LogP contribution in [0.2, 0.25) is 0 Å². The molecule has 0 aliphatic carbocycles. The number of fused-ring (bicyclic) bond motifs is 2. The number of benzene rings is 1. The summed E-state index contributed by atoms with van der Waals surface area (Å²) < 4.78 is 33.0. The topological polar surface area (TPSA) is 34.2 Å². The molecule has 3 nitrogen and oxygen atoms in total. The van der Waals surface area contributed by atoms with E-state index in [-0.39, 0.29) is 0 Å². The highest BCUT2D eigenvalue weighted by atomic mass is 19.1. The maximum atomic E-state index is 14.1. The molecule has 2 aromatic rings. The quantitative estimate of drug-likeness (QED) is 0.934. The molecule has 0 bridgehead atoms. The molecule has 5 heteroatoms. The smallest absolute Gasteiger partial charge is 0.137 e. The summed E-state index contributed by atoms with van der Waals surface area (Å²) in [6.07, 6.45) is 1.59. The second-order valence-corrected chi connectivity index (χ2v) is 4.92. The summed E-state index contributed by atoms with van der Waals surface area (Å²) in [5.41, 5.74) is 2.82. The lowest BCUT2D eigenvalue weighted by Gasteiger charge is -2.22. The first-order valence-corrected chi connectivity index (χ1v) is 6.82. The van der Waals surface area contributed by atoms with Crippen LogP contribution in [-0.2, 0) is 17.8 Å². The molecule has 3 rings (SSSR count). The zero-order valence-corrected chi connectivity index (χ0v) is 11.3. The van der Waals surface area contributed by atoms with Gasteiger partial charge in [-0.15, -0.1) is 0 Å². The van der Waals surface area contributed by atoms with Gasteiger partial charge in [0.15, 0.2) is 0 Å². The Morgan fingerprint density at radius 1 is 1.35 bits per heavy atom. The predicted octanol–water partition coefficient (Wildman–Crippen LogP) is 3.41. The Kier molecular flexibility index (Phi) is 3.53. The molecule has 1 aromatic carbocycles. The molecule has 1 aliphatic rings. The Morgan fingerprint density at radius 2 is 2.20 bits per heavy atom. The van der Waals surface area contributed by atoms with Crippen molar-refractivity contribution < 1.29 is 13.5 Å². The Balaban J connectivity index is 2.27. The molecule has 0 radical (unpaired) electrons. The minimum Gasteiger partial charge on any atom is -0.384 e. The van der Waals surface area contributed by atoms with Crippen LogP contribution in [0, 0.1) is 11.6 Å². The highest BCUT2D eigenvalue weighted by molar-refractivity contribution is 5.94. The normalized spacial score (nSPS) is 14.3. The number of hydrogen-bond donors (Lipinski definition) is 1. The van der Waals surface area contributed by atoms with Gasteiger partial charge < -0.3 is 10.1 Å². The van der Waals surface area contributed by atoms with Crippen molar-refractivity contribution in [3.05, 3.63) is 35.0 Å². The molecule has 0 saturated heterocycles. The second-order valence-electron chi connectivity index (χ2n) is 4.92. The SMILES string of the molecule is CCCNc1c2c(nc3cc(F)cc(F)c13)CCOC2. The largest absolute Gasteiger partial charge is 0.384 e. The molecular weight excluding hydrogens is 262 g/mol. The Morgan fingerprint density at radius 3 is 3.00 bits per heavy atom. The summed E-state index contributed by atoms with van der Waals surface area (Å²) in [5.74, 6) is -1.18. The number of anilines is 1. The lowest BCUT2D eigenvalue weighted by molar-refractivity contribution is 0.110. The molecule has 1 N–H and O–H groups in total. The van der Waals surface area contributed by atoms with E-state index in [1.807, 2.05) is 6.92 Å². The highest BCUT2D eigenvalue weighted by Gasteiger charge is 2.21. The number of pyridine rings is 1. The van der Waals surface area contributed by atoms with E-state index >= 15 is 0 Å². The molecule has 2 heterocycles. The number of halogens is 2. The zero-order chi connectivity index (χ0) is 14.1. The monoisotopic (exact) mass is 278 g/mol. The minimum absolute atomic E-state index is 0.351. The third-order valence-corrected chi connectivity index (χ3v) is 3.47. The molecule has 106 valence electrons. The first kappa shape index (κ1) is 13.2. The Hall–Kier alpha value is -1.75. The summed E-state index contributed by atoms with van der Waals surface area (Å²) in [5, 5.41) is 3.59. The van der Waals surface area contributed by atoms with Gasteiger partial charge in [-0.3, -0.25) is 4.98 Å². The van der Waals surface area contributed by atoms with Crippen LogP contribution in [0.3, 0.4) is 0 Å². The average molecular weight is 278 g/mol. The van der Waals surface area contributed by atoms with Crippen molar-refractivity contribution in [1.82, 2.24) is 4.98 Å². The van der Waals surface area contributed by atoms with Crippen LogP contribution in [0.25, 0.3) is 10.9 Å². The maximum Gasteiger partial charge on any atom is 0.137 e. The summed E-state index contributed by atoms with van der Waals surface area (Å²) in [6, 6.07) is 2.18. The van der Waals surface area contributed by atoms with Crippen molar-refractivity contribution >= 4 is 16.6 Å². The van der Waals surface area contributed by atoms with E-state index in [4.69, 9.17) is 4.74 Å². The third kappa shape index (κ3) is 2.22. The summed E-state index contributed by atoms with van der Waals surface area (Å²) in [7, 11) is 0. The van der Waals surface area contributed by atoms with E-state index in [1.165, 1.54) is 6.07 Å². The number of aromatic nitrogens is 1. The van der Waals surface area contributed by atoms with Crippen LogP contribution in [-0.4, -0.2) is 18.1 Å². The fourth-order valence-electron chi connectivity index (χ4n) is 2.55. The molecule has 0 saturated carbocycles. The second kappa shape index (κ2) is 5.32. The van der Waals surface area contributed by atoms with E-state index in [2.05, 4.69) is 10.3 Å². The van der Waals surface area contributed by atoms with Gasteiger partial charge in [-0.2, -0.15) is 0 Å². The van der Waals surface area contributed by atoms with Gasteiger partial charge in [0, 0.05) is 30.7 Å². The molecule has 0 unspecified atom stereocenters. The number of nitrogens with one attached hydrogen (secondary N) is 1. The molecule has 0 atom stereocenters. The average Bonchev–Trinajstić information content (AvgIpc) is 2.43. The fraction of sp³-hybridized carbons (Fsp3) is 0.400. The van der Waals surface area contributed by atoms with Crippen molar-refractivity contribution in [2.45, 2.75) is 26.4 Å². The van der Waals surface area contributed by atoms with Crippen LogP contribution in [0.15, 0.2) is 12.1 Å². The van der Waals surface area contributed by atoms with Crippen molar-refractivity contribution in [3.8, 4) is 0 Å². The summed E-state index contributed by atoms with van der Waals surface area (Å²) >= 11 is 0. The standard InChI is InChI=1S/C15H16F2N2O/c1-2-4-18-15-10-8-20-5-3-12(10)19-13-7-9(16)6-11(17)14(13)15/h6-7H,2-5,8H2,1H3,(H,18,19).